The summed E-state index contributed by atoms with van der Waals surface area (Å²) in [7, 11) is -1.56. The maximum absolute atomic E-state index is 10.5. The van der Waals surface area contributed by atoms with E-state index >= 15 is 0 Å². The van der Waals surface area contributed by atoms with E-state index in [2.05, 4.69) is 52.1 Å². The van der Waals surface area contributed by atoms with Crippen LogP contribution >= 0.6 is 7.82 Å². The predicted octanol–water partition coefficient (Wildman–Crippen LogP) is 4.04. The third-order valence-electron chi connectivity index (χ3n) is 3.56. The van der Waals surface area contributed by atoms with Crippen LogP contribution in [-0.2, 0) is 13.6 Å². The van der Waals surface area contributed by atoms with Crippen LogP contribution in [0.25, 0.3) is 0 Å². The highest BCUT2D eigenvalue weighted by Gasteiger charge is 2.17. The van der Waals surface area contributed by atoms with E-state index in [9.17, 15) is 4.57 Å². The molecule has 1 heterocycles. The Hall–Kier alpha value is -0.550. The van der Waals surface area contributed by atoms with E-state index in [4.69, 9.17) is 4.89 Å². The van der Waals surface area contributed by atoms with Gasteiger partial charge in [-0.05, 0) is 26.2 Å². The summed E-state index contributed by atoms with van der Waals surface area (Å²) in [4.78, 5) is 13.3. The molecular weight excluding hydrogens is 315 g/mol. The molecule has 0 spiro atoms. The second kappa shape index (κ2) is 12.8. The maximum Gasteiger partial charge on any atom is 0.472 e. The fourth-order valence-corrected chi connectivity index (χ4v) is 3.05. The topological polar surface area (TPSA) is 62.2 Å². The van der Waals surface area contributed by atoms with Crippen LogP contribution in [0.5, 0.6) is 0 Å². The van der Waals surface area contributed by atoms with Crippen molar-refractivity contribution in [1.29, 1.82) is 0 Å². The Morgan fingerprint density at radius 3 is 2.17 bits per heavy atom. The van der Waals surface area contributed by atoms with Crippen molar-refractivity contribution >= 4 is 7.82 Å². The number of phosphoric acid groups is 1. The standard InChI is InChI=1S/C12H24N2.C4H11O4P/c1-4-6-7-12(5-2)10-14-9-8-13(3)11-14;1-3-7-9(5,6)8-4-2/h8-9,12H,4-7,10-11H2,1-3H3;3-4H2,1-2H3,(H,5,6). The number of nitrogens with zero attached hydrogens (tertiary/aromatic N) is 2. The van der Waals surface area contributed by atoms with E-state index < -0.39 is 7.82 Å². The van der Waals surface area contributed by atoms with Gasteiger partial charge in [-0.1, -0.05) is 33.1 Å². The molecule has 7 heteroatoms. The average molecular weight is 350 g/mol. The summed E-state index contributed by atoms with van der Waals surface area (Å²) < 4.78 is 19.2. The van der Waals surface area contributed by atoms with Gasteiger partial charge in [0.25, 0.3) is 0 Å². The fourth-order valence-electron chi connectivity index (χ4n) is 2.32. The molecule has 138 valence electrons. The normalized spacial score (nSPS) is 15.6. The Morgan fingerprint density at radius 2 is 1.78 bits per heavy atom. The average Bonchev–Trinajstić information content (AvgIpc) is 2.89. The van der Waals surface area contributed by atoms with E-state index in [-0.39, 0.29) is 13.2 Å². The third-order valence-corrected chi connectivity index (χ3v) is 4.73. The zero-order valence-corrected chi connectivity index (χ0v) is 16.3. The van der Waals surface area contributed by atoms with E-state index in [1.54, 1.807) is 13.8 Å². The predicted molar refractivity (Wildman–Crippen MR) is 94.9 cm³/mol. The minimum atomic E-state index is -3.69. The summed E-state index contributed by atoms with van der Waals surface area (Å²) in [6, 6.07) is 0. The first-order valence-corrected chi connectivity index (χ1v) is 10.1. The van der Waals surface area contributed by atoms with E-state index in [1.165, 1.54) is 32.2 Å². The van der Waals surface area contributed by atoms with E-state index in [0.29, 0.717) is 0 Å². The van der Waals surface area contributed by atoms with Gasteiger partial charge in [-0.3, -0.25) is 9.05 Å². The first kappa shape index (κ1) is 22.4. The van der Waals surface area contributed by atoms with Crippen molar-refractivity contribution in [2.75, 3.05) is 33.5 Å². The largest absolute Gasteiger partial charge is 0.472 e. The van der Waals surface area contributed by atoms with Crippen molar-refractivity contribution in [2.24, 2.45) is 5.92 Å². The Kier molecular flexibility index (Phi) is 12.5. The Labute approximate surface area is 142 Å². The summed E-state index contributed by atoms with van der Waals surface area (Å²) in [6.07, 6.45) is 9.79. The van der Waals surface area contributed by atoms with Gasteiger partial charge in [-0.2, -0.15) is 0 Å². The van der Waals surface area contributed by atoms with Gasteiger partial charge in [0.1, 0.15) is 0 Å². The van der Waals surface area contributed by atoms with Gasteiger partial charge in [-0.15, -0.1) is 0 Å². The Morgan fingerprint density at radius 1 is 1.17 bits per heavy atom. The van der Waals surface area contributed by atoms with Gasteiger partial charge >= 0.3 is 7.82 Å². The molecule has 1 unspecified atom stereocenters. The lowest BCUT2D eigenvalue weighted by Gasteiger charge is -2.23. The molecule has 0 saturated carbocycles. The SMILES string of the molecule is CCCCC(CC)CN1C=CN(C)C1.CCOP(=O)(O)OCC. The molecule has 1 N–H and O–H groups in total. The first-order valence-electron chi connectivity index (χ1n) is 8.62. The van der Waals surface area contributed by atoms with Crippen LogP contribution in [0.1, 0.15) is 53.4 Å². The van der Waals surface area contributed by atoms with Crippen molar-refractivity contribution < 1.29 is 18.5 Å². The van der Waals surface area contributed by atoms with Gasteiger partial charge in [0.05, 0.1) is 19.9 Å². The van der Waals surface area contributed by atoms with Gasteiger partial charge in [0.2, 0.25) is 0 Å². The molecule has 0 aromatic heterocycles. The Bertz CT molecular complexity index is 356. The zero-order valence-electron chi connectivity index (χ0n) is 15.4. The highest BCUT2D eigenvalue weighted by Crippen LogP contribution is 2.42. The summed E-state index contributed by atoms with van der Waals surface area (Å²) in [5, 5.41) is 0. The van der Waals surface area contributed by atoms with Crippen LogP contribution < -0.4 is 0 Å². The molecule has 0 saturated heterocycles. The Balaban J connectivity index is 0.000000468. The summed E-state index contributed by atoms with van der Waals surface area (Å²) in [5.41, 5.74) is 0. The minimum absolute atomic E-state index is 0.188. The molecule has 0 aromatic carbocycles. The van der Waals surface area contributed by atoms with Crippen LogP contribution in [-0.4, -0.2) is 48.2 Å². The second-order valence-corrected chi connectivity index (χ2v) is 7.14. The molecular formula is C16H35N2O4P. The van der Waals surface area contributed by atoms with Crippen LogP contribution in [0, 0.1) is 5.92 Å². The lowest BCUT2D eigenvalue weighted by molar-refractivity contribution is 0.161. The third kappa shape index (κ3) is 11.6. The molecule has 0 aromatic rings. The molecule has 23 heavy (non-hydrogen) atoms. The van der Waals surface area contributed by atoms with Gasteiger partial charge in [-0.25, -0.2) is 4.57 Å². The van der Waals surface area contributed by atoms with Crippen molar-refractivity contribution in [3.05, 3.63) is 12.4 Å². The van der Waals surface area contributed by atoms with Crippen molar-refractivity contribution in [1.82, 2.24) is 9.80 Å². The fraction of sp³-hybridized carbons (Fsp3) is 0.875. The molecule has 1 rings (SSSR count). The molecule has 0 radical (unpaired) electrons. The molecule has 0 fully saturated rings. The summed E-state index contributed by atoms with van der Waals surface area (Å²) in [6.45, 7) is 10.5. The quantitative estimate of drug-likeness (QED) is 0.600. The summed E-state index contributed by atoms with van der Waals surface area (Å²) in [5.74, 6) is 0.881. The lowest BCUT2D eigenvalue weighted by Crippen LogP contribution is -2.27. The van der Waals surface area contributed by atoms with Crippen LogP contribution in [0.15, 0.2) is 12.4 Å². The first-order chi connectivity index (χ1) is 10.9. The smallest absolute Gasteiger partial charge is 0.362 e. The number of hydrogen-bond donors (Lipinski definition) is 1. The maximum atomic E-state index is 10.5. The van der Waals surface area contributed by atoms with E-state index in [1.807, 2.05) is 0 Å². The van der Waals surface area contributed by atoms with Gasteiger partial charge in [0.15, 0.2) is 0 Å². The number of phosphoric ester groups is 1. The second-order valence-electron chi connectivity index (χ2n) is 5.69. The molecule has 1 aliphatic heterocycles. The van der Waals surface area contributed by atoms with Crippen LogP contribution in [0.3, 0.4) is 0 Å². The van der Waals surface area contributed by atoms with Crippen LogP contribution in [0.2, 0.25) is 0 Å². The number of rotatable bonds is 10. The van der Waals surface area contributed by atoms with Crippen LogP contribution in [0.4, 0.5) is 0 Å². The highest BCUT2D eigenvalue weighted by molar-refractivity contribution is 7.47. The van der Waals surface area contributed by atoms with Gasteiger partial charge < -0.3 is 14.7 Å². The molecule has 1 atom stereocenters. The minimum Gasteiger partial charge on any atom is -0.362 e. The molecule has 0 amide bonds. The molecule has 0 bridgehead atoms. The number of hydrogen-bond acceptors (Lipinski definition) is 5. The molecule has 6 nitrogen and oxygen atoms in total. The highest BCUT2D eigenvalue weighted by atomic mass is 31.2. The van der Waals surface area contributed by atoms with Crippen molar-refractivity contribution in [2.45, 2.75) is 53.4 Å². The number of unbranched alkanes of at least 4 members (excludes halogenated alkanes) is 1. The zero-order chi connectivity index (χ0) is 17.7. The molecule has 1 aliphatic rings. The summed E-state index contributed by atoms with van der Waals surface area (Å²) >= 11 is 0. The van der Waals surface area contributed by atoms with Gasteiger partial charge in [0, 0.05) is 26.0 Å². The molecule has 0 aliphatic carbocycles. The van der Waals surface area contributed by atoms with E-state index in [0.717, 1.165) is 12.6 Å². The van der Waals surface area contributed by atoms with Crippen molar-refractivity contribution in [3.8, 4) is 0 Å². The van der Waals surface area contributed by atoms with Crippen molar-refractivity contribution in [3.63, 3.8) is 0 Å². The lowest BCUT2D eigenvalue weighted by atomic mass is 9.99. The monoisotopic (exact) mass is 350 g/mol.